The Labute approximate surface area is 90.2 Å². The summed E-state index contributed by atoms with van der Waals surface area (Å²) in [4.78, 5) is 14.5. The van der Waals surface area contributed by atoms with Crippen molar-refractivity contribution in [2.45, 2.75) is 26.1 Å². The van der Waals surface area contributed by atoms with Crippen molar-refractivity contribution in [1.29, 1.82) is 0 Å². The molecule has 1 heterocycles. The quantitative estimate of drug-likeness (QED) is 0.753. The second-order valence-corrected chi connectivity index (χ2v) is 3.24. The molecule has 0 fully saturated rings. The molecule has 0 aliphatic carbocycles. The second kappa shape index (κ2) is 4.51. The summed E-state index contributed by atoms with van der Waals surface area (Å²) in [6.07, 6.45) is -5.18. The lowest BCUT2D eigenvalue weighted by Gasteiger charge is -2.16. The fourth-order valence-corrected chi connectivity index (χ4v) is 0.906. The van der Waals surface area contributed by atoms with Crippen molar-refractivity contribution < 1.29 is 22.7 Å². The second-order valence-electron chi connectivity index (χ2n) is 3.24. The summed E-state index contributed by atoms with van der Waals surface area (Å²) in [6, 6.07) is 2.60. The molecule has 1 rings (SSSR count). The summed E-state index contributed by atoms with van der Waals surface area (Å²) < 4.78 is 41.0. The number of aromatic nitrogens is 1. The lowest BCUT2D eigenvalue weighted by atomic mass is 10.2. The molecular formula is C10H10F3NO2. The number of carbonyl (C=O) groups is 1. The van der Waals surface area contributed by atoms with Crippen LogP contribution in [0, 0.1) is 0 Å². The molecule has 3 nitrogen and oxygen atoms in total. The van der Waals surface area contributed by atoms with Gasteiger partial charge in [-0.2, -0.15) is 13.2 Å². The van der Waals surface area contributed by atoms with Crippen LogP contribution < -0.4 is 4.74 Å². The number of hydrogen-bond donors (Lipinski definition) is 0. The Morgan fingerprint density at radius 1 is 1.44 bits per heavy atom. The molecule has 1 unspecified atom stereocenters. The number of halogens is 3. The molecule has 1 aromatic heterocycles. The maximum Gasteiger partial charge on any atom is 0.425 e. The van der Waals surface area contributed by atoms with Gasteiger partial charge in [0.05, 0.1) is 0 Å². The van der Waals surface area contributed by atoms with E-state index in [1.807, 2.05) is 0 Å². The minimum absolute atomic E-state index is 0.158. The molecule has 16 heavy (non-hydrogen) atoms. The highest BCUT2D eigenvalue weighted by Crippen LogP contribution is 2.23. The van der Waals surface area contributed by atoms with Gasteiger partial charge in [0.15, 0.2) is 11.9 Å². The first-order chi connectivity index (χ1) is 7.30. The van der Waals surface area contributed by atoms with Crippen LogP contribution >= 0.6 is 0 Å². The molecule has 0 amide bonds. The molecule has 0 aliphatic rings. The number of alkyl halides is 3. The first-order valence-electron chi connectivity index (χ1n) is 4.51. The summed E-state index contributed by atoms with van der Waals surface area (Å²) in [7, 11) is 0. The van der Waals surface area contributed by atoms with Crippen molar-refractivity contribution in [3.63, 3.8) is 0 Å². The molecule has 0 N–H and O–H groups in total. The highest BCUT2D eigenvalue weighted by atomic mass is 19.4. The zero-order chi connectivity index (χ0) is 12.3. The largest absolute Gasteiger partial charge is 0.465 e. The molecule has 0 spiro atoms. The van der Waals surface area contributed by atoms with E-state index in [9.17, 15) is 18.0 Å². The Bertz CT molecular complexity index is 373. The highest BCUT2D eigenvalue weighted by molar-refractivity contribution is 5.93. The van der Waals surface area contributed by atoms with Crippen LogP contribution in [0.25, 0.3) is 0 Å². The molecule has 0 saturated heterocycles. The number of nitrogens with zero attached hydrogens (tertiary/aromatic N) is 1. The molecular weight excluding hydrogens is 223 g/mol. The van der Waals surface area contributed by atoms with Gasteiger partial charge in [-0.1, -0.05) is 0 Å². The van der Waals surface area contributed by atoms with Crippen molar-refractivity contribution in [2.75, 3.05) is 0 Å². The van der Waals surface area contributed by atoms with E-state index in [-0.39, 0.29) is 11.7 Å². The molecule has 0 radical (unpaired) electrons. The summed E-state index contributed by atoms with van der Waals surface area (Å²) >= 11 is 0. The minimum atomic E-state index is -4.43. The van der Waals surface area contributed by atoms with Crippen molar-refractivity contribution in [1.82, 2.24) is 4.98 Å². The van der Waals surface area contributed by atoms with Crippen molar-refractivity contribution >= 4 is 5.78 Å². The first kappa shape index (κ1) is 12.5. The summed E-state index contributed by atoms with van der Waals surface area (Å²) in [5.74, 6) is -0.363. The summed E-state index contributed by atoms with van der Waals surface area (Å²) in [5.41, 5.74) is 0.326. The van der Waals surface area contributed by atoms with E-state index in [0.29, 0.717) is 5.56 Å². The van der Waals surface area contributed by atoms with Gasteiger partial charge in [0, 0.05) is 17.8 Å². The number of ketones is 1. The predicted molar refractivity (Wildman–Crippen MR) is 50.4 cm³/mol. The zero-order valence-electron chi connectivity index (χ0n) is 8.71. The predicted octanol–water partition coefficient (Wildman–Crippen LogP) is 2.61. The lowest BCUT2D eigenvalue weighted by Crippen LogP contribution is -2.31. The van der Waals surface area contributed by atoms with E-state index in [1.165, 1.54) is 25.3 Å². The highest BCUT2D eigenvalue weighted by Gasteiger charge is 2.38. The number of hydrogen-bond acceptors (Lipinski definition) is 3. The average Bonchev–Trinajstić information content (AvgIpc) is 2.17. The minimum Gasteiger partial charge on any atom is -0.465 e. The fraction of sp³-hybridized carbons (Fsp3) is 0.400. The third-order valence-corrected chi connectivity index (χ3v) is 1.90. The smallest absolute Gasteiger partial charge is 0.425 e. The third-order valence-electron chi connectivity index (χ3n) is 1.90. The van der Waals surface area contributed by atoms with E-state index < -0.39 is 12.3 Å². The molecule has 0 aliphatic heterocycles. The van der Waals surface area contributed by atoms with Gasteiger partial charge in [0.25, 0.3) is 0 Å². The number of carbonyl (C=O) groups excluding carboxylic acids is 1. The zero-order valence-corrected chi connectivity index (χ0v) is 8.71. The van der Waals surface area contributed by atoms with Gasteiger partial charge in [0.1, 0.15) is 0 Å². The van der Waals surface area contributed by atoms with Gasteiger partial charge in [-0.15, -0.1) is 0 Å². The summed E-state index contributed by atoms with van der Waals surface area (Å²) in [6.45, 7) is 2.23. The SMILES string of the molecule is CC(=O)c1ccc(OC(C)C(F)(F)F)nc1. The Balaban J connectivity index is 2.73. The van der Waals surface area contributed by atoms with Crippen LogP contribution in [-0.4, -0.2) is 23.0 Å². The average molecular weight is 233 g/mol. The van der Waals surface area contributed by atoms with Crippen LogP contribution in [0.15, 0.2) is 18.3 Å². The van der Waals surface area contributed by atoms with E-state index in [1.54, 1.807) is 0 Å². The van der Waals surface area contributed by atoms with E-state index in [2.05, 4.69) is 9.72 Å². The van der Waals surface area contributed by atoms with E-state index >= 15 is 0 Å². The van der Waals surface area contributed by atoms with Crippen LogP contribution in [0.5, 0.6) is 5.88 Å². The first-order valence-corrected chi connectivity index (χ1v) is 4.51. The van der Waals surface area contributed by atoms with Crippen LogP contribution in [0.2, 0.25) is 0 Å². The Morgan fingerprint density at radius 3 is 2.44 bits per heavy atom. The third kappa shape index (κ3) is 3.22. The number of rotatable bonds is 3. The van der Waals surface area contributed by atoms with Crippen molar-refractivity contribution in [3.8, 4) is 5.88 Å². The van der Waals surface area contributed by atoms with Crippen LogP contribution in [0.3, 0.4) is 0 Å². The molecule has 1 aromatic rings. The van der Waals surface area contributed by atoms with Crippen LogP contribution in [-0.2, 0) is 0 Å². The Morgan fingerprint density at radius 2 is 2.06 bits per heavy atom. The van der Waals surface area contributed by atoms with Gasteiger partial charge in [0.2, 0.25) is 5.88 Å². The topological polar surface area (TPSA) is 39.2 Å². The van der Waals surface area contributed by atoms with Crippen molar-refractivity contribution in [2.24, 2.45) is 0 Å². The maximum atomic E-state index is 12.1. The van der Waals surface area contributed by atoms with E-state index in [0.717, 1.165) is 6.92 Å². The molecule has 6 heteroatoms. The number of Topliss-reactive ketones (excluding diaryl/α,β-unsaturated/α-hetero) is 1. The summed E-state index contributed by atoms with van der Waals surface area (Å²) in [5, 5.41) is 0. The van der Waals surface area contributed by atoms with E-state index in [4.69, 9.17) is 0 Å². The molecule has 0 saturated carbocycles. The molecule has 1 atom stereocenters. The normalized spacial score (nSPS) is 13.3. The number of ether oxygens (including phenoxy) is 1. The van der Waals surface area contributed by atoms with Crippen LogP contribution in [0.4, 0.5) is 13.2 Å². The lowest BCUT2D eigenvalue weighted by molar-refractivity contribution is -0.189. The maximum absolute atomic E-state index is 12.1. The molecule has 88 valence electrons. The molecule has 0 aromatic carbocycles. The van der Waals surface area contributed by atoms with Crippen LogP contribution in [0.1, 0.15) is 24.2 Å². The van der Waals surface area contributed by atoms with Gasteiger partial charge < -0.3 is 4.74 Å². The van der Waals surface area contributed by atoms with Gasteiger partial charge >= 0.3 is 6.18 Å². The van der Waals surface area contributed by atoms with Gasteiger partial charge in [-0.25, -0.2) is 4.98 Å². The monoisotopic (exact) mass is 233 g/mol. The fourth-order valence-electron chi connectivity index (χ4n) is 0.906. The van der Waals surface area contributed by atoms with Gasteiger partial charge in [-0.05, 0) is 19.9 Å². The number of pyridine rings is 1. The van der Waals surface area contributed by atoms with Gasteiger partial charge in [-0.3, -0.25) is 4.79 Å². The standard InChI is InChI=1S/C10H10F3NO2/c1-6(15)8-3-4-9(14-5-8)16-7(2)10(11,12)13/h3-5,7H,1-2H3. The molecule has 0 bridgehead atoms. The Hall–Kier alpha value is -1.59. The van der Waals surface area contributed by atoms with Crippen molar-refractivity contribution in [3.05, 3.63) is 23.9 Å². The Kier molecular flexibility index (Phi) is 3.51.